The van der Waals surface area contributed by atoms with E-state index in [1.165, 1.54) is 6.20 Å². The number of carboxylic acid groups (broad SMARTS) is 1. The standard InChI is InChI=1S/C14H20N2O3/c1-10-7-12(14(17)18)8-15-13(10)16-5-3-11(4-6-16)9-19-2/h7-8,11H,3-6,9H2,1-2H3,(H,17,18). The number of hydrogen-bond acceptors (Lipinski definition) is 4. The third-order valence-corrected chi connectivity index (χ3v) is 3.61. The van der Waals surface area contributed by atoms with Gasteiger partial charge in [-0.15, -0.1) is 0 Å². The normalized spacial score (nSPS) is 16.6. The Kier molecular flexibility index (Phi) is 4.37. The molecule has 0 aromatic carbocycles. The molecule has 1 aromatic rings. The predicted molar refractivity (Wildman–Crippen MR) is 72.7 cm³/mol. The maximum Gasteiger partial charge on any atom is 0.337 e. The van der Waals surface area contributed by atoms with Crippen LogP contribution in [0.5, 0.6) is 0 Å². The van der Waals surface area contributed by atoms with Gasteiger partial charge in [0.15, 0.2) is 0 Å². The van der Waals surface area contributed by atoms with E-state index in [9.17, 15) is 4.79 Å². The molecule has 2 rings (SSSR count). The number of piperidine rings is 1. The van der Waals surface area contributed by atoms with Crippen LogP contribution in [-0.4, -0.2) is 42.9 Å². The number of aromatic carboxylic acids is 1. The average molecular weight is 264 g/mol. The van der Waals surface area contributed by atoms with Crippen molar-refractivity contribution in [3.05, 3.63) is 23.4 Å². The lowest BCUT2D eigenvalue weighted by atomic mass is 9.97. The Bertz CT molecular complexity index is 454. The highest BCUT2D eigenvalue weighted by Gasteiger charge is 2.21. The first-order chi connectivity index (χ1) is 9.11. The van der Waals surface area contributed by atoms with Gasteiger partial charge >= 0.3 is 5.97 Å². The molecule has 0 amide bonds. The summed E-state index contributed by atoms with van der Waals surface area (Å²) >= 11 is 0. The summed E-state index contributed by atoms with van der Waals surface area (Å²) in [6.45, 7) is 4.64. The van der Waals surface area contributed by atoms with Crippen molar-refractivity contribution in [1.29, 1.82) is 0 Å². The summed E-state index contributed by atoms with van der Waals surface area (Å²) in [5.74, 6) is 0.599. The quantitative estimate of drug-likeness (QED) is 0.900. The van der Waals surface area contributed by atoms with Gasteiger partial charge in [-0.25, -0.2) is 9.78 Å². The molecule has 0 spiro atoms. The molecule has 0 radical (unpaired) electrons. The van der Waals surface area contributed by atoms with Gasteiger partial charge in [-0.05, 0) is 37.3 Å². The number of anilines is 1. The van der Waals surface area contributed by atoms with Crippen molar-refractivity contribution in [1.82, 2.24) is 4.98 Å². The van der Waals surface area contributed by atoms with E-state index in [1.807, 2.05) is 6.92 Å². The van der Waals surface area contributed by atoms with Crippen LogP contribution in [-0.2, 0) is 4.74 Å². The van der Waals surface area contributed by atoms with Gasteiger partial charge in [-0.2, -0.15) is 0 Å². The second-order valence-corrected chi connectivity index (χ2v) is 5.06. The van der Waals surface area contributed by atoms with Crippen LogP contribution in [0.2, 0.25) is 0 Å². The Morgan fingerprint density at radius 2 is 2.21 bits per heavy atom. The van der Waals surface area contributed by atoms with Gasteiger partial charge in [-0.3, -0.25) is 0 Å². The van der Waals surface area contributed by atoms with Crippen LogP contribution in [0.25, 0.3) is 0 Å². The number of ether oxygens (including phenoxy) is 1. The Morgan fingerprint density at radius 3 is 2.74 bits per heavy atom. The van der Waals surface area contributed by atoms with Crippen LogP contribution < -0.4 is 4.90 Å². The molecule has 1 aliphatic heterocycles. The number of methoxy groups -OCH3 is 1. The summed E-state index contributed by atoms with van der Waals surface area (Å²) in [5, 5.41) is 8.94. The number of rotatable bonds is 4. The fraction of sp³-hybridized carbons (Fsp3) is 0.571. The first-order valence-electron chi connectivity index (χ1n) is 6.55. The van der Waals surface area contributed by atoms with Gasteiger partial charge in [0.05, 0.1) is 5.56 Å². The second kappa shape index (κ2) is 6.02. The molecule has 2 heterocycles. The predicted octanol–water partition coefficient (Wildman–Crippen LogP) is 1.95. The molecule has 1 fully saturated rings. The third kappa shape index (κ3) is 3.23. The Labute approximate surface area is 113 Å². The topological polar surface area (TPSA) is 62.7 Å². The van der Waals surface area contributed by atoms with Crippen LogP contribution >= 0.6 is 0 Å². The summed E-state index contributed by atoms with van der Waals surface area (Å²) in [6, 6.07) is 1.69. The lowest BCUT2D eigenvalue weighted by Gasteiger charge is -2.33. The lowest BCUT2D eigenvalue weighted by Crippen LogP contribution is -2.36. The molecule has 0 bridgehead atoms. The summed E-state index contributed by atoms with van der Waals surface area (Å²) in [5.41, 5.74) is 1.17. The SMILES string of the molecule is COCC1CCN(c2ncc(C(=O)O)cc2C)CC1. The lowest BCUT2D eigenvalue weighted by molar-refractivity contribution is 0.0696. The molecule has 1 aromatic heterocycles. The highest BCUT2D eigenvalue weighted by molar-refractivity contribution is 5.87. The van der Waals surface area contributed by atoms with Crippen molar-refractivity contribution in [2.45, 2.75) is 19.8 Å². The van der Waals surface area contributed by atoms with Crippen molar-refractivity contribution >= 4 is 11.8 Å². The molecule has 0 aliphatic carbocycles. The Balaban J connectivity index is 2.05. The highest BCUT2D eigenvalue weighted by Crippen LogP contribution is 2.24. The molecule has 1 saturated heterocycles. The summed E-state index contributed by atoms with van der Waals surface area (Å²) in [7, 11) is 1.74. The van der Waals surface area contributed by atoms with Crippen molar-refractivity contribution < 1.29 is 14.6 Å². The summed E-state index contributed by atoms with van der Waals surface area (Å²) in [4.78, 5) is 17.4. The van der Waals surface area contributed by atoms with Gasteiger partial charge in [0.25, 0.3) is 0 Å². The number of nitrogens with zero attached hydrogens (tertiary/aromatic N) is 2. The number of hydrogen-bond donors (Lipinski definition) is 1. The van der Waals surface area contributed by atoms with E-state index in [1.54, 1.807) is 13.2 Å². The number of aromatic nitrogens is 1. The summed E-state index contributed by atoms with van der Waals surface area (Å²) < 4.78 is 5.19. The van der Waals surface area contributed by atoms with E-state index in [-0.39, 0.29) is 5.56 Å². The van der Waals surface area contributed by atoms with Gasteiger partial charge in [0.2, 0.25) is 0 Å². The van der Waals surface area contributed by atoms with E-state index in [2.05, 4.69) is 9.88 Å². The van der Waals surface area contributed by atoms with Gasteiger partial charge < -0.3 is 14.7 Å². The monoisotopic (exact) mass is 264 g/mol. The molecule has 0 saturated carbocycles. The van der Waals surface area contributed by atoms with Crippen molar-refractivity contribution in [2.75, 3.05) is 31.7 Å². The van der Waals surface area contributed by atoms with E-state index in [4.69, 9.17) is 9.84 Å². The van der Waals surface area contributed by atoms with E-state index in [0.717, 1.165) is 43.9 Å². The number of pyridine rings is 1. The fourth-order valence-electron chi connectivity index (χ4n) is 2.56. The molecule has 0 atom stereocenters. The smallest absolute Gasteiger partial charge is 0.337 e. The first-order valence-corrected chi connectivity index (χ1v) is 6.55. The zero-order chi connectivity index (χ0) is 13.8. The van der Waals surface area contributed by atoms with Crippen molar-refractivity contribution in [3.8, 4) is 0 Å². The third-order valence-electron chi connectivity index (χ3n) is 3.61. The molecule has 104 valence electrons. The van der Waals surface area contributed by atoms with Crippen molar-refractivity contribution in [3.63, 3.8) is 0 Å². The van der Waals surface area contributed by atoms with E-state index in [0.29, 0.717) is 5.92 Å². The van der Waals surface area contributed by atoms with Crippen LogP contribution in [0, 0.1) is 12.8 Å². The highest BCUT2D eigenvalue weighted by atomic mass is 16.5. The molecular weight excluding hydrogens is 244 g/mol. The molecule has 1 aliphatic rings. The first kappa shape index (κ1) is 13.8. The minimum atomic E-state index is -0.930. The van der Waals surface area contributed by atoms with Gasteiger partial charge in [0, 0.05) is 33.0 Å². The fourth-order valence-corrected chi connectivity index (χ4v) is 2.56. The Morgan fingerprint density at radius 1 is 1.53 bits per heavy atom. The Hall–Kier alpha value is -1.62. The molecule has 1 N–H and O–H groups in total. The number of carbonyl (C=O) groups is 1. The minimum Gasteiger partial charge on any atom is -0.478 e. The van der Waals surface area contributed by atoms with Gasteiger partial charge in [-0.1, -0.05) is 0 Å². The minimum absolute atomic E-state index is 0.246. The molecule has 0 unspecified atom stereocenters. The molecule has 5 heteroatoms. The maximum atomic E-state index is 10.9. The van der Waals surface area contributed by atoms with Crippen LogP contribution in [0.1, 0.15) is 28.8 Å². The second-order valence-electron chi connectivity index (χ2n) is 5.06. The van der Waals surface area contributed by atoms with Crippen molar-refractivity contribution in [2.24, 2.45) is 5.92 Å². The zero-order valence-corrected chi connectivity index (χ0v) is 11.4. The van der Waals surface area contributed by atoms with Gasteiger partial charge in [0.1, 0.15) is 5.82 Å². The van der Waals surface area contributed by atoms with E-state index < -0.39 is 5.97 Å². The zero-order valence-electron chi connectivity index (χ0n) is 11.4. The average Bonchev–Trinajstić information content (AvgIpc) is 2.40. The molecule has 19 heavy (non-hydrogen) atoms. The molecular formula is C14H20N2O3. The summed E-state index contributed by atoms with van der Waals surface area (Å²) in [6.07, 6.45) is 3.62. The number of aryl methyl sites for hydroxylation is 1. The van der Waals surface area contributed by atoms with Crippen LogP contribution in [0.3, 0.4) is 0 Å². The van der Waals surface area contributed by atoms with Crippen LogP contribution in [0.4, 0.5) is 5.82 Å². The maximum absolute atomic E-state index is 10.9. The number of carboxylic acids is 1. The largest absolute Gasteiger partial charge is 0.478 e. The van der Waals surface area contributed by atoms with E-state index >= 15 is 0 Å². The van der Waals surface area contributed by atoms with Crippen LogP contribution in [0.15, 0.2) is 12.3 Å². The molecule has 5 nitrogen and oxygen atoms in total.